The van der Waals surface area contributed by atoms with Crippen LogP contribution in [0.3, 0.4) is 0 Å². The molecule has 1 amide bonds. The third-order valence-corrected chi connectivity index (χ3v) is 2.94. The van der Waals surface area contributed by atoms with E-state index in [9.17, 15) is 9.59 Å². The van der Waals surface area contributed by atoms with Gasteiger partial charge in [0, 0.05) is 18.0 Å². The fourth-order valence-electron chi connectivity index (χ4n) is 1.30. The van der Waals surface area contributed by atoms with Crippen molar-refractivity contribution in [2.24, 2.45) is 0 Å². The van der Waals surface area contributed by atoms with Crippen LogP contribution >= 0.6 is 23.2 Å². The number of hydrogen-bond acceptors (Lipinski definition) is 3. The van der Waals surface area contributed by atoms with Gasteiger partial charge in [0.15, 0.2) is 0 Å². The quantitative estimate of drug-likeness (QED) is 0.754. The molecule has 1 atom stereocenters. The summed E-state index contributed by atoms with van der Waals surface area (Å²) >= 11 is 11.7. The second-order valence-electron chi connectivity index (χ2n) is 3.94. The topological polar surface area (TPSA) is 78.4 Å². The minimum absolute atomic E-state index is 0.139. The van der Waals surface area contributed by atoms with Gasteiger partial charge in [-0.15, -0.1) is 0 Å². The standard InChI is InChI=1S/C12H14Cl2N2O3/c1-7(12(18)19)15-5-4-11(17)16-10-6-8(13)2-3-9(10)14/h2-3,6-7,15H,4-5H2,1H3,(H,16,17)(H,18,19)/t7-/m1/s1. The number of rotatable bonds is 6. The summed E-state index contributed by atoms with van der Waals surface area (Å²) in [6.45, 7) is 1.77. The smallest absolute Gasteiger partial charge is 0.320 e. The van der Waals surface area contributed by atoms with Crippen LogP contribution in [-0.4, -0.2) is 29.6 Å². The van der Waals surface area contributed by atoms with Crippen LogP contribution in [-0.2, 0) is 9.59 Å². The first-order valence-corrected chi connectivity index (χ1v) is 6.37. The number of carboxylic acids is 1. The zero-order valence-corrected chi connectivity index (χ0v) is 11.8. The first-order valence-electron chi connectivity index (χ1n) is 5.61. The average Bonchev–Trinajstić information content (AvgIpc) is 2.33. The molecule has 0 fully saturated rings. The summed E-state index contributed by atoms with van der Waals surface area (Å²) < 4.78 is 0. The van der Waals surface area contributed by atoms with Gasteiger partial charge in [-0.1, -0.05) is 23.2 Å². The lowest BCUT2D eigenvalue weighted by molar-refractivity contribution is -0.139. The van der Waals surface area contributed by atoms with Crippen LogP contribution in [0.1, 0.15) is 13.3 Å². The molecule has 1 aromatic carbocycles. The van der Waals surface area contributed by atoms with Crippen molar-refractivity contribution in [1.82, 2.24) is 5.32 Å². The second-order valence-corrected chi connectivity index (χ2v) is 4.78. The number of benzene rings is 1. The normalized spacial score (nSPS) is 11.9. The summed E-state index contributed by atoms with van der Waals surface area (Å²) in [6.07, 6.45) is 0.139. The largest absolute Gasteiger partial charge is 0.480 e. The van der Waals surface area contributed by atoms with E-state index in [-0.39, 0.29) is 18.9 Å². The van der Waals surface area contributed by atoms with E-state index in [0.29, 0.717) is 15.7 Å². The molecule has 0 radical (unpaired) electrons. The molecule has 0 heterocycles. The van der Waals surface area contributed by atoms with Gasteiger partial charge < -0.3 is 15.7 Å². The summed E-state index contributed by atoms with van der Waals surface area (Å²) in [7, 11) is 0. The Labute approximate surface area is 120 Å². The molecule has 1 aromatic rings. The molecular weight excluding hydrogens is 291 g/mol. The molecule has 104 valence electrons. The van der Waals surface area contributed by atoms with Gasteiger partial charge >= 0.3 is 5.97 Å². The third kappa shape index (κ3) is 5.46. The minimum atomic E-state index is -0.960. The van der Waals surface area contributed by atoms with E-state index in [1.165, 1.54) is 6.92 Å². The Bertz CT molecular complexity index is 480. The monoisotopic (exact) mass is 304 g/mol. The maximum atomic E-state index is 11.6. The maximum absolute atomic E-state index is 11.6. The molecule has 0 saturated carbocycles. The Hall–Kier alpha value is -1.30. The molecule has 0 unspecified atom stereocenters. The van der Waals surface area contributed by atoms with E-state index in [1.807, 2.05) is 0 Å². The summed E-state index contributed by atoms with van der Waals surface area (Å²) in [5, 5.41) is 14.8. The van der Waals surface area contributed by atoms with Crippen LogP contribution < -0.4 is 10.6 Å². The highest BCUT2D eigenvalue weighted by Gasteiger charge is 2.11. The fourth-order valence-corrected chi connectivity index (χ4v) is 1.63. The number of carbonyl (C=O) groups is 2. The van der Waals surface area contributed by atoms with Gasteiger partial charge in [0.2, 0.25) is 5.91 Å². The molecule has 5 nitrogen and oxygen atoms in total. The van der Waals surface area contributed by atoms with Gasteiger partial charge in [0.1, 0.15) is 6.04 Å². The van der Waals surface area contributed by atoms with Crippen molar-refractivity contribution >= 4 is 40.8 Å². The van der Waals surface area contributed by atoms with E-state index in [2.05, 4.69) is 10.6 Å². The number of aliphatic carboxylic acids is 1. The first-order chi connectivity index (χ1) is 8.90. The summed E-state index contributed by atoms with van der Waals surface area (Å²) in [5.74, 6) is -1.23. The number of hydrogen-bond donors (Lipinski definition) is 3. The number of amides is 1. The van der Waals surface area contributed by atoms with Crippen LogP contribution in [0, 0.1) is 0 Å². The molecule has 0 spiro atoms. The van der Waals surface area contributed by atoms with Crippen molar-refractivity contribution in [1.29, 1.82) is 0 Å². The van der Waals surface area contributed by atoms with Crippen molar-refractivity contribution in [2.45, 2.75) is 19.4 Å². The zero-order valence-electron chi connectivity index (χ0n) is 10.2. The molecule has 19 heavy (non-hydrogen) atoms. The van der Waals surface area contributed by atoms with Gasteiger partial charge in [-0.2, -0.15) is 0 Å². The van der Waals surface area contributed by atoms with Gasteiger partial charge in [-0.25, -0.2) is 0 Å². The van der Waals surface area contributed by atoms with E-state index in [4.69, 9.17) is 28.3 Å². The van der Waals surface area contributed by atoms with Crippen LogP contribution in [0.15, 0.2) is 18.2 Å². The second kappa shape index (κ2) is 7.33. The highest BCUT2D eigenvalue weighted by Crippen LogP contribution is 2.25. The van der Waals surface area contributed by atoms with Crippen LogP contribution in [0.25, 0.3) is 0 Å². The number of carboxylic acid groups (broad SMARTS) is 1. The number of halogens is 2. The Kier molecular flexibility index (Phi) is 6.08. The van der Waals surface area contributed by atoms with E-state index >= 15 is 0 Å². The molecule has 0 aliphatic carbocycles. The lowest BCUT2D eigenvalue weighted by Gasteiger charge is -2.10. The molecule has 0 aromatic heterocycles. The molecule has 1 rings (SSSR count). The Balaban J connectivity index is 2.43. The highest BCUT2D eigenvalue weighted by molar-refractivity contribution is 6.35. The zero-order chi connectivity index (χ0) is 14.4. The molecule has 0 aliphatic rings. The van der Waals surface area contributed by atoms with Crippen molar-refractivity contribution in [3.8, 4) is 0 Å². The van der Waals surface area contributed by atoms with E-state index in [1.54, 1.807) is 18.2 Å². The van der Waals surface area contributed by atoms with Crippen molar-refractivity contribution in [3.63, 3.8) is 0 Å². The summed E-state index contributed by atoms with van der Waals surface area (Å²) in [6, 6.07) is 4.07. The molecule has 0 saturated heterocycles. The predicted molar refractivity (Wildman–Crippen MR) is 74.8 cm³/mol. The molecule has 0 aliphatic heterocycles. The van der Waals surface area contributed by atoms with Crippen LogP contribution in [0.4, 0.5) is 5.69 Å². The van der Waals surface area contributed by atoms with Crippen molar-refractivity contribution < 1.29 is 14.7 Å². The van der Waals surface area contributed by atoms with Gasteiger partial charge in [-0.05, 0) is 25.1 Å². The van der Waals surface area contributed by atoms with E-state index < -0.39 is 12.0 Å². The average molecular weight is 305 g/mol. The van der Waals surface area contributed by atoms with E-state index in [0.717, 1.165) is 0 Å². The van der Waals surface area contributed by atoms with Crippen LogP contribution in [0.2, 0.25) is 10.0 Å². The highest BCUT2D eigenvalue weighted by atomic mass is 35.5. The van der Waals surface area contributed by atoms with Gasteiger partial charge in [0.05, 0.1) is 10.7 Å². The van der Waals surface area contributed by atoms with Crippen molar-refractivity contribution in [3.05, 3.63) is 28.2 Å². The Morgan fingerprint density at radius 1 is 1.37 bits per heavy atom. The molecule has 3 N–H and O–H groups in total. The third-order valence-electron chi connectivity index (χ3n) is 2.38. The van der Waals surface area contributed by atoms with Crippen LogP contribution in [0.5, 0.6) is 0 Å². The molecular formula is C12H14Cl2N2O3. The number of nitrogens with one attached hydrogen (secondary N) is 2. The summed E-state index contributed by atoms with van der Waals surface area (Å²) in [4.78, 5) is 22.2. The summed E-state index contributed by atoms with van der Waals surface area (Å²) in [5.41, 5.74) is 0.436. The lowest BCUT2D eigenvalue weighted by atomic mass is 10.3. The van der Waals surface area contributed by atoms with Gasteiger partial charge in [-0.3, -0.25) is 9.59 Å². The SMILES string of the molecule is C[C@@H](NCCC(=O)Nc1cc(Cl)ccc1Cl)C(=O)O. The molecule has 7 heteroatoms. The first kappa shape index (κ1) is 15.8. The predicted octanol–water partition coefficient (Wildman–Crippen LogP) is 2.38. The van der Waals surface area contributed by atoms with Crippen molar-refractivity contribution in [2.75, 3.05) is 11.9 Å². The lowest BCUT2D eigenvalue weighted by Crippen LogP contribution is -2.35. The Morgan fingerprint density at radius 3 is 2.68 bits per heavy atom. The number of anilines is 1. The number of carbonyl (C=O) groups excluding carboxylic acids is 1. The minimum Gasteiger partial charge on any atom is -0.480 e. The van der Waals surface area contributed by atoms with Gasteiger partial charge in [0.25, 0.3) is 0 Å². The Morgan fingerprint density at radius 2 is 2.05 bits per heavy atom. The molecule has 0 bridgehead atoms. The maximum Gasteiger partial charge on any atom is 0.320 e. The fraction of sp³-hybridized carbons (Fsp3) is 0.333.